The smallest absolute Gasteiger partial charge is 0.337 e. The van der Waals surface area contributed by atoms with Crippen LogP contribution in [0.3, 0.4) is 0 Å². The monoisotopic (exact) mass is 388 g/mol. The molecule has 0 fully saturated rings. The summed E-state index contributed by atoms with van der Waals surface area (Å²) in [5.41, 5.74) is 1.19. The maximum Gasteiger partial charge on any atom is 0.337 e. The zero-order valence-electron chi connectivity index (χ0n) is 13.6. The lowest BCUT2D eigenvalue weighted by Gasteiger charge is -2.12. The van der Waals surface area contributed by atoms with Gasteiger partial charge in [-0.15, -0.1) is 0 Å². The molecule has 3 aromatic rings. The average Bonchev–Trinajstić information content (AvgIpc) is 2.59. The molecule has 0 aliphatic heterocycles. The SMILES string of the molecule is Cc1nc(Nc2ccccc2C(=O)O)cc(Nc2cccc(Cl)c2Cl)n1. The van der Waals surface area contributed by atoms with Gasteiger partial charge in [0.1, 0.15) is 17.5 Å². The van der Waals surface area contributed by atoms with E-state index < -0.39 is 5.97 Å². The molecule has 0 spiro atoms. The Hall–Kier alpha value is -2.83. The third kappa shape index (κ3) is 4.04. The van der Waals surface area contributed by atoms with E-state index >= 15 is 0 Å². The number of nitrogens with zero attached hydrogens (tertiary/aromatic N) is 2. The van der Waals surface area contributed by atoms with Crippen molar-refractivity contribution in [3.05, 3.63) is 70.0 Å². The highest BCUT2D eigenvalue weighted by Gasteiger charge is 2.11. The first kappa shape index (κ1) is 18.0. The molecule has 0 aliphatic carbocycles. The van der Waals surface area contributed by atoms with Gasteiger partial charge in [-0.05, 0) is 31.2 Å². The van der Waals surface area contributed by atoms with Crippen LogP contribution in [0.4, 0.5) is 23.0 Å². The van der Waals surface area contributed by atoms with Gasteiger partial charge in [0, 0.05) is 6.07 Å². The zero-order valence-corrected chi connectivity index (χ0v) is 15.1. The Labute approximate surface area is 159 Å². The van der Waals surface area contributed by atoms with Gasteiger partial charge < -0.3 is 15.7 Å². The number of carboxylic acids is 1. The van der Waals surface area contributed by atoms with Crippen molar-refractivity contribution in [3.63, 3.8) is 0 Å². The molecule has 0 saturated carbocycles. The Bertz CT molecular complexity index is 979. The van der Waals surface area contributed by atoms with Crippen molar-refractivity contribution in [1.29, 1.82) is 0 Å². The van der Waals surface area contributed by atoms with E-state index in [1.54, 1.807) is 49.4 Å². The van der Waals surface area contributed by atoms with E-state index in [-0.39, 0.29) is 5.56 Å². The number of benzene rings is 2. The highest BCUT2D eigenvalue weighted by Crippen LogP contribution is 2.32. The van der Waals surface area contributed by atoms with Gasteiger partial charge in [0.15, 0.2) is 0 Å². The van der Waals surface area contributed by atoms with Gasteiger partial charge in [-0.3, -0.25) is 0 Å². The first-order valence-corrected chi connectivity index (χ1v) is 8.35. The fraction of sp³-hybridized carbons (Fsp3) is 0.0556. The lowest BCUT2D eigenvalue weighted by atomic mass is 10.2. The lowest BCUT2D eigenvalue weighted by Crippen LogP contribution is -2.05. The number of aromatic carboxylic acids is 1. The number of carbonyl (C=O) groups is 1. The van der Waals surface area contributed by atoms with Crippen LogP contribution in [0.2, 0.25) is 10.0 Å². The summed E-state index contributed by atoms with van der Waals surface area (Å²) in [5.74, 6) is 0.426. The van der Waals surface area contributed by atoms with E-state index in [1.165, 1.54) is 6.07 Å². The number of halogens is 2. The maximum absolute atomic E-state index is 11.3. The molecule has 0 atom stereocenters. The van der Waals surface area contributed by atoms with E-state index in [2.05, 4.69) is 20.6 Å². The van der Waals surface area contributed by atoms with Crippen molar-refractivity contribution in [1.82, 2.24) is 9.97 Å². The minimum atomic E-state index is -1.03. The number of aryl methyl sites for hydroxylation is 1. The standard InChI is InChI=1S/C18H14Cl2N4O2/c1-10-21-15(23-13-7-3-2-5-11(13)18(25)26)9-16(22-10)24-14-8-4-6-12(19)17(14)20/h2-9H,1H3,(H,25,26)(H2,21,22,23,24). The number of carboxylic acid groups (broad SMARTS) is 1. The number of aromatic nitrogens is 2. The molecular formula is C18H14Cl2N4O2. The van der Waals surface area contributed by atoms with Crippen LogP contribution in [0.25, 0.3) is 0 Å². The largest absolute Gasteiger partial charge is 0.478 e. The molecule has 0 aliphatic rings. The van der Waals surface area contributed by atoms with E-state index in [9.17, 15) is 9.90 Å². The second-order valence-corrected chi connectivity index (χ2v) is 6.17. The van der Waals surface area contributed by atoms with Gasteiger partial charge in [0.05, 0.1) is 27.0 Å². The third-order valence-electron chi connectivity index (χ3n) is 3.47. The van der Waals surface area contributed by atoms with Crippen molar-refractivity contribution in [2.45, 2.75) is 6.92 Å². The second kappa shape index (κ2) is 7.59. The molecule has 3 N–H and O–H groups in total. The minimum Gasteiger partial charge on any atom is -0.478 e. The molecule has 132 valence electrons. The first-order chi connectivity index (χ1) is 12.4. The normalized spacial score (nSPS) is 10.4. The van der Waals surface area contributed by atoms with Crippen molar-refractivity contribution >= 4 is 52.2 Å². The Morgan fingerprint density at radius 3 is 2.27 bits per heavy atom. The predicted octanol–water partition coefficient (Wildman–Crippen LogP) is 5.28. The zero-order chi connectivity index (χ0) is 18.7. The van der Waals surface area contributed by atoms with Crippen LogP contribution in [0, 0.1) is 6.92 Å². The van der Waals surface area contributed by atoms with Gasteiger partial charge >= 0.3 is 5.97 Å². The van der Waals surface area contributed by atoms with Crippen molar-refractivity contribution in [2.24, 2.45) is 0 Å². The fourth-order valence-corrected chi connectivity index (χ4v) is 2.70. The first-order valence-electron chi connectivity index (χ1n) is 7.60. The highest BCUT2D eigenvalue weighted by atomic mass is 35.5. The Morgan fingerprint density at radius 1 is 0.962 bits per heavy atom. The van der Waals surface area contributed by atoms with Crippen molar-refractivity contribution in [2.75, 3.05) is 10.6 Å². The Morgan fingerprint density at radius 2 is 1.58 bits per heavy atom. The number of anilines is 4. The predicted molar refractivity (Wildman–Crippen MR) is 103 cm³/mol. The van der Waals surface area contributed by atoms with E-state index in [1.807, 2.05) is 0 Å². The highest BCUT2D eigenvalue weighted by molar-refractivity contribution is 6.43. The van der Waals surface area contributed by atoms with Gasteiger partial charge in [-0.1, -0.05) is 41.4 Å². The van der Waals surface area contributed by atoms with Crippen LogP contribution < -0.4 is 10.6 Å². The van der Waals surface area contributed by atoms with Gasteiger partial charge in [0.25, 0.3) is 0 Å². The summed E-state index contributed by atoms with van der Waals surface area (Å²) in [4.78, 5) is 20.0. The average molecular weight is 389 g/mol. The van der Waals surface area contributed by atoms with Crippen LogP contribution >= 0.6 is 23.2 Å². The minimum absolute atomic E-state index is 0.149. The summed E-state index contributed by atoms with van der Waals surface area (Å²) >= 11 is 12.2. The summed E-state index contributed by atoms with van der Waals surface area (Å²) < 4.78 is 0. The molecule has 2 aromatic carbocycles. The second-order valence-electron chi connectivity index (χ2n) is 5.39. The van der Waals surface area contributed by atoms with Crippen LogP contribution in [-0.4, -0.2) is 21.0 Å². The molecular weight excluding hydrogens is 375 g/mol. The summed E-state index contributed by atoms with van der Waals surface area (Å²) in [6.45, 7) is 1.74. The number of hydrogen-bond donors (Lipinski definition) is 3. The van der Waals surface area contributed by atoms with Crippen LogP contribution in [0.1, 0.15) is 16.2 Å². The summed E-state index contributed by atoms with van der Waals surface area (Å²) in [7, 11) is 0. The number of hydrogen-bond acceptors (Lipinski definition) is 5. The number of nitrogens with one attached hydrogen (secondary N) is 2. The van der Waals surface area contributed by atoms with Crippen molar-refractivity contribution < 1.29 is 9.90 Å². The molecule has 6 nitrogen and oxygen atoms in total. The molecule has 3 rings (SSSR count). The summed E-state index contributed by atoms with van der Waals surface area (Å²) in [6, 6.07) is 13.5. The molecule has 0 unspecified atom stereocenters. The fourth-order valence-electron chi connectivity index (χ4n) is 2.35. The van der Waals surface area contributed by atoms with E-state index in [4.69, 9.17) is 23.2 Å². The topological polar surface area (TPSA) is 87.1 Å². The summed E-state index contributed by atoms with van der Waals surface area (Å²) in [6.07, 6.45) is 0. The molecule has 0 saturated heterocycles. The molecule has 8 heteroatoms. The number of rotatable bonds is 5. The number of para-hydroxylation sites is 1. The molecule has 26 heavy (non-hydrogen) atoms. The third-order valence-corrected chi connectivity index (χ3v) is 4.29. The van der Waals surface area contributed by atoms with Crippen LogP contribution in [0.15, 0.2) is 48.5 Å². The quantitative estimate of drug-likeness (QED) is 0.551. The Balaban J connectivity index is 1.91. The van der Waals surface area contributed by atoms with Crippen LogP contribution in [0.5, 0.6) is 0 Å². The molecule has 0 amide bonds. The van der Waals surface area contributed by atoms with Gasteiger partial charge in [-0.2, -0.15) is 0 Å². The molecule has 0 bridgehead atoms. The lowest BCUT2D eigenvalue weighted by molar-refractivity contribution is 0.0698. The maximum atomic E-state index is 11.3. The summed E-state index contributed by atoms with van der Waals surface area (Å²) in [5, 5.41) is 16.2. The van der Waals surface area contributed by atoms with Gasteiger partial charge in [0.2, 0.25) is 0 Å². The van der Waals surface area contributed by atoms with Crippen molar-refractivity contribution in [3.8, 4) is 0 Å². The van der Waals surface area contributed by atoms with Crippen LogP contribution in [-0.2, 0) is 0 Å². The Kier molecular flexibility index (Phi) is 5.25. The van der Waals surface area contributed by atoms with E-state index in [0.717, 1.165) is 0 Å². The van der Waals surface area contributed by atoms with E-state index in [0.29, 0.717) is 38.9 Å². The molecule has 1 aromatic heterocycles. The molecule has 0 radical (unpaired) electrons. The van der Waals surface area contributed by atoms with Gasteiger partial charge in [-0.25, -0.2) is 14.8 Å². The molecule has 1 heterocycles.